The van der Waals surface area contributed by atoms with Gasteiger partial charge in [0, 0.05) is 17.7 Å². The zero-order valence-electron chi connectivity index (χ0n) is 31.4. The van der Waals surface area contributed by atoms with Gasteiger partial charge in [0.25, 0.3) is 0 Å². The standard InChI is InChI=1S/C40H50N6O8S/c1-24(2)19-31(44-36(50)25(3)41)39(53)45-32(20-27-11-7-5-8-12-27)38(52)43-26(4)37(51)46-33(21-28-13-9-6-10-14-28)40(54)55-30-17-15-29(16-18-30)22-34(47)42-23-35(48)49/h5-18,24-26,31-33H,19-23,41H2,1-4H3,(H,42,47)(H,43,52)(H,44,50)(H,45,53)(H,46,51)(H,48,49)/t25-,26-,31-,32-,33+/m0/s1. The molecule has 3 aromatic carbocycles. The summed E-state index contributed by atoms with van der Waals surface area (Å²) in [5.74, 6) is -3.93. The van der Waals surface area contributed by atoms with E-state index in [4.69, 9.17) is 10.8 Å². The van der Waals surface area contributed by atoms with Crippen molar-refractivity contribution in [3.05, 3.63) is 102 Å². The van der Waals surface area contributed by atoms with Crippen molar-refractivity contribution in [1.29, 1.82) is 0 Å². The molecule has 0 aliphatic heterocycles. The van der Waals surface area contributed by atoms with Gasteiger partial charge in [0.05, 0.1) is 12.5 Å². The molecule has 8 N–H and O–H groups in total. The molecule has 0 unspecified atom stereocenters. The van der Waals surface area contributed by atoms with Crippen LogP contribution in [-0.2, 0) is 52.8 Å². The van der Waals surface area contributed by atoms with E-state index in [0.717, 1.165) is 22.9 Å². The number of nitrogens with two attached hydrogens (primary N) is 1. The molecule has 5 amide bonds. The number of amides is 5. The van der Waals surface area contributed by atoms with Gasteiger partial charge in [-0.1, -0.05) is 86.6 Å². The van der Waals surface area contributed by atoms with Gasteiger partial charge in [-0.2, -0.15) is 0 Å². The first-order valence-electron chi connectivity index (χ1n) is 17.9. The lowest BCUT2D eigenvalue weighted by Crippen LogP contribution is -2.58. The summed E-state index contributed by atoms with van der Waals surface area (Å²) in [5.41, 5.74) is 7.88. The minimum Gasteiger partial charge on any atom is -0.480 e. The van der Waals surface area contributed by atoms with E-state index in [0.29, 0.717) is 16.9 Å². The Labute approximate surface area is 325 Å². The van der Waals surface area contributed by atoms with Crippen molar-refractivity contribution in [3.63, 3.8) is 0 Å². The van der Waals surface area contributed by atoms with E-state index >= 15 is 0 Å². The lowest BCUT2D eigenvalue weighted by atomic mass is 10.0. The van der Waals surface area contributed by atoms with Gasteiger partial charge in [0.1, 0.15) is 30.7 Å². The molecule has 0 aliphatic carbocycles. The maximum Gasteiger partial charge on any atom is 0.322 e. The van der Waals surface area contributed by atoms with Crippen LogP contribution < -0.4 is 32.3 Å². The Morgan fingerprint density at radius 1 is 0.618 bits per heavy atom. The molecular formula is C40H50N6O8S. The Hall–Kier alpha value is -5.54. The van der Waals surface area contributed by atoms with Gasteiger partial charge in [-0.15, -0.1) is 0 Å². The summed E-state index contributed by atoms with van der Waals surface area (Å²) in [4.78, 5) is 90.2. The van der Waals surface area contributed by atoms with Crippen LogP contribution in [0.25, 0.3) is 0 Å². The highest BCUT2D eigenvalue weighted by Crippen LogP contribution is 2.22. The molecule has 0 spiro atoms. The zero-order valence-corrected chi connectivity index (χ0v) is 32.2. The van der Waals surface area contributed by atoms with Gasteiger partial charge >= 0.3 is 5.97 Å². The number of carboxylic acid groups (broad SMARTS) is 1. The van der Waals surface area contributed by atoms with E-state index < -0.39 is 72.3 Å². The molecule has 15 heteroatoms. The second-order valence-corrected chi connectivity index (χ2v) is 14.7. The van der Waals surface area contributed by atoms with E-state index in [2.05, 4.69) is 26.6 Å². The van der Waals surface area contributed by atoms with Crippen LogP contribution in [0.4, 0.5) is 0 Å². The average Bonchev–Trinajstić information content (AvgIpc) is 3.14. The number of rotatable bonds is 20. The molecule has 0 heterocycles. The molecule has 0 radical (unpaired) electrons. The van der Waals surface area contributed by atoms with Crippen molar-refractivity contribution in [3.8, 4) is 0 Å². The number of carbonyl (C=O) groups is 7. The van der Waals surface area contributed by atoms with Crippen LogP contribution in [0.3, 0.4) is 0 Å². The fraction of sp³-hybridized carbons (Fsp3) is 0.375. The Kier molecular flexibility index (Phi) is 17.5. The molecule has 0 saturated heterocycles. The van der Waals surface area contributed by atoms with Gasteiger partial charge < -0.3 is 37.4 Å². The molecule has 14 nitrogen and oxygen atoms in total. The molecule has 0 bridgehead atoms. The van der Waals surface area contributed by atoms with Gasteiger partial charge in [0.2, 0.25) is 34.7 Å². The highest BCUT2D eigenvalue weighted by molar-refractivity contribution is 8.13. The maximum atomic E-state index is 13.8. The van der Waals surface area contributed by atoms with Crippen molar-refractivity contribution >= 4 is 52.4 Å². The average molecular weight is 775 g/mol. The molecular weight excluding hydrogens is 725 g/mol. The van der Waals surface area contributed by atoms with Crippen molar-refractivity contribution in [2.24, 2.45) is 11.7 Å². The normalized spacial score (nSPS) is 13.6. The predicted molar refractivity (Wildman–Crippen MR) is 208 cm³/mol. The fourth-order valence-electron chi connectivity index (χ4n) is 5.34. The number of thioether (sulfide) groups is 1. The van der Waals surface area contributed by atoms with Crippen molar-refractivity contribution in [2.75, 3.05) is 6.54 Å². The largest absolute Gasteiger partial charge is 0.480 e. The smallest absolute Gasteiger partial charge is 0.322 e. The summed E-state index contributed by atoms with van der Waals surface area (Å²) in [5, 5.41) is 21.6. The van der Waals surface area contributed by atoms with Crippen LogP contribution in [0.5, 0.6) is 0 Å². The number of benzene rings is 3. The number of aliphatic carboxylic acids is 1. The number of hydrogen-bond acceptors (Lipinski definition) is 9. The Morgan fingerprint density at radius 3 is 1.65 bits per heavy atom. The van der Waals surface area contributed by atoms with E-state index in [-0.39, 0.29) is 30.3 Å². The van der Waals surface area contributed by atoms with Crippen molar-refractivity contribution in [2.45, 2.75) is 88.5 Å². The van der Waals surface area contributed by atoms with Gasteiger partial charge in [0.15, 0.2) is 0 Å². The minimum atomic E-state index is -1.15. The third-order valence-corrected chi connectivity index (χ3v) is 9.24. The van der Waals surface area contributed by atoms with Gasteiger partial charge in [-0.3, -0.25) is 33.6 Å². The molecule has 3 aromatic rings. The van der Waals surface area contributed by atoms with Gasteiger partial charge in [-0.05, 0) is 66.8 Å². The van der Waals surface area contributed by atoms with Crippen LogP contribution in [0.2, 0.25) is 0 Å². The highest BCUT2D eigenvalue weighted by atomic mass is 32.2. The summed E-state index contributed by atoms with van der Waals surface area (Å²) in [6, 6.07) is 19.7. The number of nitrogens with one attached hydrogen (secondary N) is 5. The lowest BCUT2D eigenvalue weighted by molar-refractivity contribution is -0.137. The van der Waals surface area contributed by atoms with E-state index in [1.807, 2.05) is 50.2 Å². The summed E-state index contributed by atoms with van der Waals surface area (Å²) in [7, 11) is 0. The van der Waals surface area contributed by atoms with Crippen molar-refractivity contribution in [1.82, 2.24) is 26.6 Å². The predicted octanol–water partition coefficient (Wildman–Crippen LogP) is 1.89. The second kappa shape index (κ2) is 22.0. The molecule has 3 rings (SSSR count). The second-order valence-electron chi connectivity index (χ2n) is 13.6. The van der Waals surface area contributed by atoms with Gasteiger partial charge in [-0.25, -0.2) is 0 Å². The van der Waals surface area contributed by atoms with Crippen molar-refractivity contribution < 1.29 is 38.7 Å². The molecule has 0 aliphatic rings. The van der Waals surface area contributed by atoms with E-state index in [1.165, 1.54) is 13.8 Å². The van der Waals surface area contributed by atoms with Crippen LogP contribution in [-0.4, -0.2) is 82.5 Å². The topological polar surface area (TPSA) is 226 Å². The first-order valence-corrected chi connectivity index (χ1v) is 18.8. The molecule has 294 valence electrons. The number of carbonyl (C=O) groups excluding carboxylic acids is 6. The summed E-state index contributed by atoms with van der Waals surface area (Å²) in [6.45, 7) is 6.28. The molecule has 5 atom stereocenters. The monoisotopic (exact) mass is 774 g/mol. The maximum absolute atomic E-state index is 13.8. The third kappa shape index (κ3) is 15.8. The SMILES string of the molecule is CC(C)C[C@H](NC(=O)[C@H](C)N)C(=O)N[C@@H](Cc1ccccc1)C(=O)N[C@@H](C)C(=O)N[C@H](Cc1ccccc1)C(=O)Sc1ccc(CC(=O)NCC(=O)O)cc1. The Morgan fingerprint density at radius 2 is 1.13 bits per heavy atom. The third-order valence-electron chi connectivity index (χ3n) is 8.25. The van der Waals surface area contributed by atoms with E-state index in [1.54, 1.807) is 48.5 Å². The molecule has 0 aromatic heterocycles. The zero-order chi connectivity index (χ0) is 40.5. The number of hydrogen-bond donors (Lipinski definition) is 7. The van der Waals surface area contributed by atoms with Crippen LogP contribution in [0, 0.1) is 5.92 Å². The summed E-state index contributed by atoms with van der Waals surface area (Å²) in [6.07, 6.45) is 0.520. The Balaban J connectivity index is 1.74. The quantitative estimate of drug-likeness (QED) is 0.0826. The first-order chi connectivity index (χ1) is 26.1. The highest BCUT2D eigenvalue weighted by Gasteiger charge is 2.31. The lowest BCUT2D eigenvalue weighted by Gasteiger charge is -2.26. The van der Waals surface area contributed by atoms with Crippen LogP contribution in [0.15, 0.2) is 89.8 Å². The summed E-state index contributed by atoms with van der Waals surface area (Å²) < 4.78 is 0. The first kappa shape index (κ1) is 43.9. The molecule has 0 saturated carbocycles. The molecule has 0 fully saturated rings. The minimum absolute atomic E-state index is 0.0309. The summed E-state index contributed by atoms with van der Waals surface area (Å²) >= 11 is 0.901. The fourth-order valence-corrected chi connectivity index (χ4v) is 6.13. The number of carboxylic acids is 1. The van der Waals surface area contributed by atoms with Crippen LogP contribution >= 0.6 is 11.8 Å². The Bertz CT molecular complexity index is 1770. The van der Waals surface area contributed by atoms with Crippen LogP contribution in [0.1, 0.15) is 50.8 Å². The molecule has 55 heavy (non-hydrogen) atoms. The van der Waals surface area contributed by atoms with E-state index in [9.17, 15) is 33.6 Å².